The number of methoxy groups -OCH3 is 2. The van der Waals surface area contributed by atoms with Gasteiger partial charge in [-0.1, -0.05) is 30.3 Å². The van der Waals surface area contributed by atoms with E-state index in [-0.39, 0.29) is 6.04 Å². The molecule has 1 heterocycles. The highest BCUT2D eigenvalue weighted by molar-refractivity contribution is 5.53. The van der Waals surface area contributed by atoms with Gasteiger partial charge in [0.15, 0.2) is 11.5 Å². The Morgan fingerprint density at radius 3 is 2.48 bits per heavy atom. The molecule has 1 atom stereocenters. The van der Waals surface area contributed by atoms with Crippen molar-refractivity contribution in [2.45, 2.75) is 19.4 Å². The summed E-state index contributed by atoms with van der Waals surface area (Å²) in [4.78, 5) is 2.51. The number of nitrogens with one attached hydrogen (secondary N) is 1. The van der Waals surface area contributed by atoms with Gasteiger partial charge in [0, 0.05) is 30.8 Å². The molecule has 27 heavy (non-hydrogen) atoms. The summed E-state index contributed by atoms with van der Waals surface area (Å²) in [6.07, 6.45) is 1.11. The molecule has 0 aromatic heterocycles. The SMILES string of the molecule is CCOc1ccccc1C(c1cccc(OC)c1OC)N1CCCNCC1. The van der Waals surface area contributed by atoms with E-state index in [1.54, 1.807) is 14.2 Å². The van der Waals surface area contributed by atoms with Crippen molar-refractivity contribution in [3.8, 4) is 17.2 Å². The predicted molar refractivity (Wildman–Crippen MR) is 108 cm³/mol. The molecule has 1 aliphatic rings. The predicted octanol–water partition coefficient (Wildman–Crippen LogP) is 3.49. The van der Waals surface area contributed by atoms with E-state index in [1.807, 2.05) is 25.1 Å². The Balaban J connectivity index is 2.14. The fraction of sp³-hybridized carbons (Fsp3) is 0.455. The van der Waals surface area contributed by atoms with Crippen LogP contribution in [0, 0.1) is 0 Å². The van der Waals surface area contributed by atoms with Gasteiger partial charge in [-0.15, -0.1) is 0 Å². The smallest absolute Gasteiger partial charge is 0.165 e. The van der Waals surface area contributed by atoms with Crippen LogP contribution < -0.4 is 19.5 Å². The van der Waals surface area contributed by atoms with Crippen molar-refractivity contribution in [2.24, 2.45) is 0 Å². The Labute approximate surface area is 162 Å². The maximum atomic E-state index is 5.98. The van der Waals surface area contributed by atoms with Crippen LogP contribution in [0.5, 0.6) is 17.2 Å². The number of hydrogen-bond acceptors (Lipinski definition) is 5. The Morgan fingerprint density at radius 1 is 0.926 bits per heavy atom. The van der Waals surface area contributed by atoms with Gasteiger partial charge < -0.3 is 19.5 Å². The normalized spacial score (nSPS) is 16.4. The first-order valence-corrected chi connectivity index (χ1v) is 9.67. The van der Waals surface area contributed by atoms with E-state index in [1.165, 1.54) is 0 Å². The van der Waals surface area contributed by atoms with E-state index in [0.29, 0.717) is 6.61 Å². The maximum absolute atomic E-state index is 5.98. The number of benzene rings is 2. The number of rotatable bonds is 7. The molecule has 0 spiro atoms. The first-order chi connectivity index (χ1) is 13.3. The second-order valence-electron chi connectivity index (χ2n) is 6.60. The quantitative estimate of drug-likeness (QED) is 0.808. The number of ether oxygens (including phenoxy) is 3. The minimum atomic E-state index is 0.0395. The van der Waals surface area contributed by atoms with Crippen molar-refractivity contribution in [1.29, 1.82) is 0 Å². The summed E-state index contributed by atoms with van der Waals surface area (Å²) in [7, 11) is 3.39. The topological polar surface area (TPSA) is 43.0 Å². The van der Waals surface area contributed by atoms with Gasteiger partial charge in [-0.05, 0) is 32.0 Å². The van der Waals surface area contributed by atoms with Crippen molar-refractivity contribution in [3.63, 3.8) is 0 Å². The summed E-state index contributed by atoms with van der Waals surface area (Å²) < 4.78 is 17.3. The molecule has 0 aliphatic carbocycles. The molecule has 5 heteroatoms. The summed E-state index contributed by atoms with van der Waals surface area (Å²) in [5, 5.41) is 3.50. The van der Waals surface area contributed by atoms with Crippen LogP contribution in [0.2, 0.25) is 0 Å². The van der Waals surface area contributed by atoms with Gasteiger partial charge in [-0.2, -0.15) is 0 Å². The third-order valence-corrected chi connectivity index (χ3v) is 4.98. The van der Waals surface area contributed by atoms with Crippen LogP contribution in [0.15, 0.2) is 42.5 Å². The highest BCUT2D eigenvalue weighted by Crippen LogP contribution is 2.42. The molecule has 0 saturated carbocycles. The zero-order valence-electron chi connectivity index (χ0n) is 16.5. The Morgan fingerprint density at radius 2 is 1.70 bits per heavy atom. The fourth-order valence-corrected chi connectivity index (χ4v) is 3.81. The number of nitrogens with zero attached hydrogens (tertiary/aromatic N) is 1. The third-order valence-electron chi connectivity index (χ3n) is 4.98. The molecular formula is C22H30N2O3. The first kappa shape index (κ1) is 19.5. The highest BCUT2D eigenvalue weighted by Gasteiger charge is 2.29. The number of para-hydroxylation sites is 2. The van der Waals surface area contributed by atoms with Crippen molar-refractivity contribution in [1.82, 2.24) is 10.2 Å². The van der Waals surface area contributed by atoms with Crippen LogP contribution in [0.3, 0.4) is 0 Å². The van der Waals surface area contributed by atoms with E-state index in [4.69, 9.17) is 14.2 Å². The molecule has 146 valence electrons. The van der Waals surface area contributed by atoms with Crippen molar-refractivity contribution in [3.05, 3.63) is 53.6 Å². The molecule has 1 N–H and O–H groups in total. The van der Waals surface area contributed by atoms with E-state index in [2.05, 4.69) is 34.5 Å². The van der Waals surface area contributed by atoms with Crippen molar-refractivity contribution in [2.75, 3.05) is 47.0 Å². The maximum Gasteiger partial charge on any atom is 0.165 e. The average Bonchev–Trinajstić information content (AvgIpc) is 2.99. The van der Waals surface area contributed by atoms with Crippen LogP contribution in [0.4, 0.5) is 0 Å². The molecule has 3 rings (SSSR count). The lowest BCUT2D eigenvalue weighted by Crippen LogP contribution is -2.33. The van der Waals surface area contributed by atoms with Gasteiger partial charge in [-0.3, -0.25) is 4.90 Å². The molecular weight excluding hydrogens is 340 g/mol. The molecule has 2 aromatic carbocycles. The fourth-order valence-electron chi connectivity index (χ4n) is 3.81. The van der Waals surface area contributed by atoms with Gasteiger partial charge >= 0.3 is 0 Å². The standard InChI is InChI=1S/C22H30N2O3/c1-4-27-19-11-6-5-9-17(19)21(24-15-8-13-23-14-16-24)18-10-7-12-20(25-2)22(18)26-3/h5-7,9-12,21,23H,4,8,13-16H2,1-3H3. The summed E-state index contributed by atoms with van der Waals surface area (Å²) in [5.41, 5.74) is 2.26. The average molecular weight is 370 g/mol. The van der Waals surface area contributed by atoms with Gasteiger partial charge in [-0.25, -0.2) is 0 Å². The van der Waals surface area contributed by atoms with Crippen LogP contribution in [0.1, 0.15) is 30.5 Å². The first-order valence-electron chi connectivity index (χ1n) is 9.67. The molecule has 1 fully saturated rings. The molecule has 5 nitrogen and oxygen atoms in total. The van der Waals surface area contributed by atoms with Crippen LogP contribution in [-0.2, 0) is 0 Å². The lowest BCUT2D eigenvalue weighted by molar-refractivity contribution is 0.227. The minimum Gasteiger partial charge on any atom is -0.494 e. The zero-order chi connectivity index (χ0) is 19.1. The van der Waals surface area contributed by atoms with Crippen LogP contribution in [-0.4, -0.2) is 51.9 Å². The summed E-state index contributed by atoms with van der Waals surface area (Å²) in [6, 6.07) is 14.5. The lowest BCUT2D eigenvalue weighted by Gasteiger charge is -2.33. The van der Waals surface area contributed by atoms with E-state index in [9.17, 15) is 0 Å². The molecule has 1 aliphatic heterocycles. The molecule has 0 amide bonds. The van der Waals surface area contributed by atoms with E-state index >= 15 is 0 Å². The second-order valence-corrected chi connectivity index (χ2v) is 6.60. The van der Waals surface area contributed by atoms with E-state index in [0.717, 1.165) is 61.0 Å². The van der Waals surface area contributed by atoms with Crippen LogP contribution in [0.25, 0.3) is 0 Å². The molecule has 2 aromatic rings. The van der Waals surface area contributed by atoms with Gasteiger partial charge in [0.05, 0.1) is 26.9 Å². The number of hydrogen-bond donors (Lipinski definition) is 1. The van der Waals surface area contributed by atoms with Crippen LogP contribution >= 0.6 is 0 Å². The monoisotopic (exact) mass is 370 g/mol. The Bertz CT molecular complexity index is 727. The molecule has 1 unspecified atom stereocenters. The molecule has 0 radical (unpaired) electrons. The van der Waals surface area contributed by atoms with E-state index < -0.39 is 0 Å². The Kier molecular flexibility index (Phi) is 6.96. The summed E-state index contributed by atoms with van der Waals surface area (Å²) in [6.45, 7) is 6.66. The van der Waals surface area contributed by atoms with Crippen molar-refractivity contribution >= 4 is 0 Å². The van der Waals surface area contributed by atoms with Gasteiger partial charge in [0.2, 0.25) is 0 Å². The second kappa shape index (κ2) is 9.62. The zero-order valence-corrected chi connectivity index (χ0v) is 16.5. The minimum absolute atomic E-state index is 0.0395. The lowest BCUT2D eigenvalue weighted by atomic mass is 9.94. The van der Waals surface area contributed by atoms with Crippen molar-refractivity contribution < 1.29 is 14.2 Å². The van der Waals surface area contributed by atoms with Gasteiger partial charge in [0.1, 0.15) is 5.75 Å². The summed E-state index contributed by atoms with van der Waals surface area (Å²) >= 11 is 0. The third kappa shape index (κ3) is 4.37. The Hall–Kier alpha value is -2.24. The summed E-state index contributed by atoms with van der Waals surface area (Å²) in [5.74, 6) is 2.46. The highest BCUT2D eigenvalue weighted by atomic mass is 16.5. The molecule has 0 bridgehead atoms. The largest absolute Gasteiger partial charge is 0.494 e. The van der Waals surface area contributed by atoms with Gasteiger partial charge in [0.25, 0.3) is 0 Å². The molecule has 1 saturated heterocycles.